The molecule has 1 aromatic carbocycles. The number of nitrogens with one attached hydrogen (secondary N) is 1. The average Bonchev–Trinajstić information content (AvgIpc) is 2.54. The van der Waals surface area contributed by atoms with Crippen LogP contribution in [0.2, 0.25) is 0 Å². The van der Waals surface area contributed by atoms with Gasteiger partial charge in [0.2, 0.25) is 5.91 Å². The van der Waals surface area contributed by atoms with E-state index >= 15 is 0 Å². The van der Waals surface area contributed by atoms with Gasteiger partial charge < -0.3 is 10.2 Å². The number of amides is 1. The number of ketones is 1. The Labute approximate surface area is 152 Å². The molecule has 1 aromatic rings. The topological polar surface area (TPSA) is 49.4 Å². The van der Waals surface area contributed by atoms with Gasteiger partial charge in [-0.15, -0.1) is 12.4 Å². The molecular formula is C18H23ClF2N2O2. The zero-order valence-electron chi connectivity index (χ0n) is 14.1. The fourth-order valence-corrected chi connectivity index (χ4v) is 3.42. The highest BCUT2D eigenvalue weighted by molar-refractivity contribution is 5.98. The quantitative estimate of drug-likeness (QED) is 0.827. The molecule has 0 saturated carbocycles. The van der Waals surface area contributed by atoms with Gasteiger partial charge in [-0.1, -0.05) is 6.92 Å². The van der Waals surface area contributed by atoms with Crippen molar-refractivity contribution >= 4 is 24.1 Å². The molecule has 2 aliphatic rings. The summed E-state index contributed by atoms with van der Waals surface area (Å²) in [5.74, 6) is -1.52. The summed E-state index contributed by atoms with van der Waals surface area (Å²) in [5.41, 5.74) is -0.186. The first-order chi connectivity index (χ1) is 11.5. The van der Waals surface area contributed by atoms with Crippen LogP contribution in [0.4, 0.5) is 8.78 Å². The fraction of sp³-hybridized carbons (Fsp3) is 0.556. The molecule has 0 aliphatic carbocycles. The standard InChI is InChI=1S/C18H22F2N2O2.ClH/c1-11(13-9-21-10-13)18(24)22-6-4-12(5-7-22)17(23)15-8-14(19)2-3-16(15)20;/h2-3,8,11-13,21H,4-7,9-10H2,1H3;1H. The van der Waals surface area contributed by atoms with E-state index in [0.717, 1.165) is 31.3 Å². The molecule has 2 fully saturated rings. The van der Waals surface area contributed by atoms with Crippen LogP contribution in [0.25, 0.3) is 0 Å². The Balaban J connectivity index is 0.00000225. The van der Waals surface area contributed by atoms with Crippen LogP contribution >= 0.6 is 12.4 Å². The Kier molecular flexibility index (Phi) is 6.52. The third kappa shape index (κ3) is 4.18. The van der Waals surface area contributed by atoms with E-state index < -0.39 is 11.6 Å². The average molecular weight is 373 g/mol. The highest BCUT2D eigenvalue weighted by atomic mass is 35.5. The van der Waals surface area contributed by atoms with Crippen LogP contribution in [0.1, 0.15) is 30.1 Å². The number of likely N-dealkylation sites (tertiary alicyclic amines) is 1. The smallest absolute Gasteiger partial charge is 0.225 e. The molecule has 2 aliphatic heterocycles. The number of Topliss-reactive ketones (excluding diaryl/α,β-unsaturated/α-hetero) is 1. The van der Waals surface area contributed by atoms with E-state index in [1.165, 1.54) is 0 Å². The lowest BCUT2D eigenvalue weighted by Crippen LogP contribution is -2.51. The molecule has 0 radical (unpaired) electrons. The van der Waals surface area contributed by atoms with Crippen LogP contribution in [0, 0.1) is 29.4 Å². The van der Waals surface area contributed by atoms with Gasteiger partial charge in [-0.2, -0.15) is 0 Å². The first-order valence-corrected chi connectivity index (χ1v) is 8.46. The zero-order valence-corrected chi connectivity index (χ0v) is 15.0. The maximum atomic E-state index is 13.8. The predicted molar refractivity (Wildman–Crippen MR) is 92.8 cm³/mol. The molecule has 1 N–H and O–H groups in total. The van der Waals surface area contributed by atoms with Crippen molar-refractivity contribution in [1.82, 2.24) is 10.2 Å². The Morgan fingerprint density at radius 1 is 1.20 bits per heavy atom. The molecule has 0 spiro atoms. The van der Waals surface area contributed by atoms with Crippen LogP contribution in [0.3, 0.4) is 0 Å². The van der Waals surface area contributed by atoms with Gasteiger partial charge in [-0.05, 0) is 50.0 Å². The molecule has 1 amide bonds. The van der Waals surface area contributed by atoms with Crippen molar-refractivity contribution < 1.29 is 18.4 Å². The Bertz CT molecular complexity index is 644. The molecule has 3 rings (SSSR count). The predicted octanol–water partition coefficient (Wildman–Crippen LogP) is 2.66. The summed E-state index contributed by atoms with van der Waals surface area (Å²) in [4.78, 5) is 26.7. The van der Waals surface area contributed by atoms with Gasteiger partial charge in [0.1, 0.15) is 11.6 Å². The van der Waals surface area contributed by atoms with E-state index in [0.29, 0.717) is 31.8 Å². The number of carbonyl (C=O) groups excluding carboxylic acids is 2. The molecule has 1 atom stereocenters. The van der Waals surface area contributed by atoms with Gasteiger partial charge in [0, 0.05) is 24.9 Å². The second kappa shape index (κ2) is 8.23. The number of piperidine rings is 1. The van der Waals surface area contributed by atoms with Gasteiger partial charge in [-0.3, -0.25) is 9.59 Å². The van der Waals surface area contributed by atoms with Gasteiger partial charge in [0.15, 0.2) is 5.78 Å². The van der Waals surface area contributed by atoms with Crippen molar-refractivity contribution in [2.24, 2.45) is 17.8 Å². The number of hydrogen-bond acceptors (Lipinski definition) is 3. The Morgan fingerprint density at radius 2 is 1.84 bits per heavy atom. The van der Waals surface area contributed by atoms with Crippen molar-refractivity contribution in [2.75, 3.05) is 26.2 Å². The van der Waals surface area contributed by atoms with E-state index in [-0.39, 0.29) is 41.5 Å². The van der Waals surface area contributed by atoms with Crippen molar-refractivity contribution in [3.8, 4) is 0 Å². The van der Waals surface area contributed by atoms with Crippen LogP contribution < -0.4 is 5.32 Å². The lowest BCUT2D eigenvalue weighted by molar-refractivity contribution is -0.138. The summed E-state index contributed by atoms with van der Waals surface area (Å²) in [6, 6.07) is 2.94. The summed E-state index contributed by atoms with van der Waals surface area (Å²) in [6.07, 6.45) is 0.992. The van der Waals surface area contributed by atoms with Crippen molar-refractivity contribution in [1.29, 1.82) is 0 Å². The lowest BCUT2D eigenvalue weighted by atomic mass is 9.85. The maximum absolute atomic E-state index is 13.8. The first kappa shape index (κ1) is 19.8. The molecule has 25 heavy (non-hydrogen) atoms. The summed E-state index contributed by atoms with van der Waals surface area (Å²) in [7, 11) is 0. The number of benzene rings is 1. The summed E-state index contributed by atoms with van der Waals surface area (Å²) < 4.78 is 27.0. The Morgan fingerprint density at radius 3 is 2.40 bits per heavy atom. The molecule has 2 saturated heterocycles. The number of nitrogens with zero attached hydrogens (tertiary/aromatic N) is 1. The normalized spacial score (nSPS) is 19.7. The third-order valence-corrected chi connectivity index (χ3v) is 5.28. The van der Waals surface area contributed by atoms with Gasteiger partial charge in [0.25, 0.3) is 0 Å². The number of carbonyl (C=O) groups is 2. The van der Waals surface area contributed by atoms with Gasteiger partial charge >= 0.3 is 0 Å². The van der Waals surface area contributed by atoms with E-state index in [1.54, 1.807) is 4.90 Å². The summed E-state index contributed by atoms with van der Waals surface area (Å²) >= 11 is 0. The van der Waals surface area contributed by atoms with E-state index in [1.807, 2.05) is 6.92 Å². The minimum atomic E-state index is -0.689. The molecule has 7 heteroatoms. The van der Waals surface area contributed by atoms with Crippen molar-refractivity contribution in [3.63, 3.8) is 0 Å². The van der Waals surface area contributed by atoms with Crippen molar-refractivity contribution in [3.05, 3.63) is 35.4 Å². The lowest BCUT2D eigenvalue weighted by Gasteiger charge is -2.37. The van der Waals surface area contributed by atoms with E-state index in [9.17, 15) is 18.4 Å². The minimum absolute atomic E-state index is 0. The largest absolute Gasteiger partial charge is 0.342 e. The third-order valence-electron chi connectivity index (χ3n) is 5.28. The Hall–Kier alpha value is -1.53. The zero-order chi connectivity index (χ0) is 17.3. The second-order valence-electron chi connectivity index (χ2n) is 6.79. The minimum Gasteiger partial charge on any atom is -0.342 e. The van der Waals surface area contributed by atoms with Crippen molar-refractivity contribution in [2.45, 2.75) is 19.8 Å². The number of hydrogen-bond donors (Lipinski definition) is 1. The van der Waals surface area contributed by atoms with Crippen LogP contribution in [-0.2, 0) is 4.79 Å². The van der Waals surface area contributed by atoms with E-state index in [2.05, 4.69) is 5.32 Å². The van der Waals surface area contributed by atoms with Crippen LogP contribution in [0.5, 0.6) is 0 Å². The molecule has 0 bridgehead atoms. The molecule has 4 nitrogen and oxygen atoms in total. The number of halogens is 3. The molecule has 1 unspecified atom stereocenters. The number of rotatable bonds is 4. The first-order valence-electron chi connectivity index (χ1n) is 8.46. The van der Waals surface area contributed by atoms with Crippen LogP contribution in [-0.4, -0.2) is 42.8 Å². The van der Waals surface area contributed by atoms with Crippen LogP contribution in [0.15, 0.2) is 18.2 Å². The molecular weight excluding hydrogens is 350 g/mol. The maximum Gasteiger partial charge on any atom is 0.225 e. The highest BCUT2D eigenvalue weighted by Gasteiger charge is 2.34. The van der Waals surface area contributed by atoms with Gasteiger partial charge in [0.05, 0.1) is 5.56 Å². The molecule has 0 aromatic heterocycles. The monoisotopic (exact) mass is 372 g/mol. The summed E-state index contributed by atoms with van der Waals surface area (Å²) in [6.45, 7) is 4.70. The summed E-state index contributed by atoms with van der Waals surface area (Å²) in [5, 5.41) is 3.17. The van der Waals surface area contributed by atoms with Gasteiger partial charge in [-0.25, -0.2) is 8.78 Å². The highest BCUT2D eigenvalue weighted by Crippen LogP contribution is 2.26. The SMILES string of the molecule is CC(C(=O)N1CCC(C(=O)c2cc(F)ccc2F)CC1)C1CNC1.Cl. The molecule has 138 valence electrons. The molecule has 2 heterocycles. The van der Waals surface area contributed by atoms with E-state index in [4.69, 9.17) is 0 Å². The second-order valence-corrected chi connectivity index (χ2v) is 6.79. The fourth-order valence-electron chi connectivity index (χ4n) is 3.42.